The number of carbonyl (C=O) groups is 3. The molecule has 0 radical (unpaired) electrons. The zero-order valence-corrected chi connectivity index (χ0v) is 21.6. The number of hydrogen-bond acceptors (Lipinski definition) is 4. The molecule has 186 valence electrons. The van der Waals surface area contributed by atoms with Crippen molar-refractivity contribution in [1.82, 2.24) is 5.32 Å². The van der Waals surface area contributed by atoms with Gasteiger partial charge in [0.05, 0.1) is 0 Å². The minimum absolute atomic E-state index is 0.0271. The molecule has 2 aliphatic heterocycles. The molecule has 4 saturated carbocycles. The highest BCUT2D eigenvalue weighted by Gasteiger charge is 2.81. The lowest BCUT2D eigenvalue weighted by Gasteiger charge is -2.61. The minimum atomic E-state index is -1.09. The van der Waals surface area contributed by atoms with Crippen molar-refractivity contribution in [3.63, 3.8) is 0 Å². The Hall–Kier alpha value is -2.17. The second-order valence-corrected chi connectivity index (χ2v) is 14.0. The van der Waals surface area contributed by atoms with Crippen LogP contribution in [0.4, 0.5) is 0 Å². The zero-order valence-electron chi connectivity index (χ0n) is 21.6. The second kappa shape index (κ2) is 6.03. The second-order valence-electron chi connectivity index (χ2n) is 14.0. The van der Waals surface area contributed by atoms with Crippen LogP contribution in [-0.2, 0) is 19.1 Å². The summed E-state index contributed by atoms with van der Waals surface area (Å²) in [4.78, 5) is 38.1. The Kier molecular flexibility index (Phi) is 3.80. The summed E-state index contributed by atoms with van der Waals surface area (Å²) < 4.78 is 5.60. The van der Waals surface area contributed by atoms with E-state index < -0.39 is 5.72 Å². The van der Waals surface area contributed by atoms with Gasteiger partial charge in [-0.15, -0.1) is 0 Å². The minimum Gasteiger partial charge on any atom is -0.428 e. The number of fused-ring (bicyclic) bond motifs is 2. The van der Waals surface area contributed by atoms with Gasteiger partial charge in [-0.3, -0.25) is 9.59 Å². The lowest BCUT2D eigenvalue weighted by Crippen LogP contribution is -2.56. The lowest BCUT2D eigenvalue weighted by atomic mass is 9.42. The van der Waals surface area contributed by atoms with E-state index in [-0.39, 0.29) is 39.5 Å². The molecule has 0 aromatic heterocycles. The van der Waals surface area contributed by atoms with Crippen LogP contribution in [0.2, 0.25) is 0 Å². The molecule has 0 saturated heterocycles. The van der Waals surface area contributed by atoms with E-state index in [1.807, 2.05) is 12.2 Å². The van der Waals surface area contributed by atoms with Crippen LogP contribution in [0, 0.1) is 44.8 Å². The average Bonchev–Trinajstić information content (AvgIpc) is 3.08. The van der Waals surface area contributed by atoms with Crippen molar-refractivity contribution in [2.45, 2.75) is 85.3 Å². The van der Waals surface area contributed by atoms with E-state index in [4.69, 9.17) is 4.74 Å². The van der Waals surface area contributed by atoms with Gasteiger partial charge in [0.15, 0.2) is 5.78 Å². The highest BCUT2D eigenvalue weighted by atomic mass is 16.6. The predicted molar refractivity (Wildman–Crippen MR) is 131 cm³/mol. The Morgan fingerprint density at radius 3 is 2.37 bits per heavy atom. The lowest BCUT2D eigenvalue weighted by molar-refractivity contribution is -0.145. The van der Waals surface area contributed by atoms with Crippen LogP contribution in [0.1, 0.15) is 79.6 Å². The van der Waals surface area contributed by atoms with Gasteiger partial charge in [-0.25, -0.2) is 4.79 Å². The summed E-state index contributed by atoms with van der Waals surface area (Å²) in [6, 6.07) is 0. The molecule has 2 heterocycles. The third-order valence-corrected chi connectivity index (χ3v) is 12.7. The first-order chi connectivity index (χ1) is 16.3. The summed E-state index contributed by atoms with van der Waals surface area (Å²) in [6.45, 7) is 11.0. The van der Waals surface area contributed by atoms with Gasteiger partial charge in [-0.05, 0) is 110 Å². The number of esters is 1. The van der Waals surface area contributed by atoms with Gasteiger partial charge < -0.3 is 10.1 Å². The number of ketones is 1. The molecule has 35 heavy (non-hydrogen) atoms. The van der Waals surface area contributed by atoms with E-state index in [2.05, 4.69) is 39.1 Å². The number of nitrogens with one attached hydrogen (secondary N) is 1. The van der Waals surface area contributed by atoms with Crippen molar-refractivity contribution in [3.8, 4) is 0 Å². The van der Waals surface area contributed by atoms with Crippen LogP contribution in [0.3, 0.4) is 0 Å². The molecule has 4 fully saturated rings. The Morgan fingerprint density at radius 2 is 1.66 bits per heavy atom. The van der Waals surface area contributed by atoms with E-state index in [9.17, 15) is 14.4 Å². The molecule has 3 spiro atoms. The third kappa shape index (κ3) is 2.26. The smallest absolute Gasteiger partial charge is 0.336 e. The van der Waals surface area contributed by atoms with Gasteiger partial charge in [0.2, 0.25) is 5.72 Å². The standard InChI is InChI=1S/C30H37NO4/c1-17-14-30(35-24(17)34)15-18(23(33)31-30)19-8-10-27(5)21-7-6-20-25(2,3)22(32)9-11-28(20)16-29(21,28)13-12-26(19,27)4/h9,11,14-15,19-21H,6-8,10,12-13,16H2,1-5H3,(H,31,33)/t19-,20+,21+,26-,27+,28+,29-,30-/m1/s1. The number of ether oxygens (including phenoxy) is 1. The number of hydrogen-bond donors (Lipinski definition) is 1. The van der Waals surface area contributed by atoms with Crippen molar-refractivity contribution in [2.75, 3.05) is 0 Å². The van der Waals surface area contributed by atoms with Gasteiger partial charge >= 0.3 is 5.97 Å². The Balaban J connectivity index is 1.25. The Labute approximate surface area is 207 Å². The number of rotatable bonds is 1. The number of carbonyl (C=O) groups excluding carboxylic acids is 3. The molecule has 0 aromatic rings. The molecule has 5 aliphatic carbocycles. The topological polar surface area (TPSA) is 72.5 Å². The van der Waals surface area contributed by atoms with Crippen LogP contribution in [0.15, 0.2) is 35.5 Å². The molecule has 1 N–H and O–H groups in total. The van der Waals surface area contributed by atoms with Crippen molar-refractivity contribution < 1.29 is 19.1 Å². The van der Waals surface area contributed by atoms with Gasteiger partial charge in [0.1, 0.15) is 0 Å². The van der Waals surface area contributed by atoms with Crippen LogP contribution < -0.4 is 5.32 Å². The fraction of sp³-hybridized carbons (Fsp3) is 0.700. The molecule has 0 unspecified atom stereocenters. The van der Waals surface area contributed by atoms with Gasteiger partial charge in [0.25, 0.3) is 5.91 Å². The van der Waals surface area contributed by atoms with Crippen LogP contribution in [0.5, 0.6) is 0 Å². The number of allylic oxidation sites excluding steroid dienone is 2. The molecule has 7 rings (SSSR count). The summed E-state index contributed by atoms with van der Waals surface area (Å²) in [7, 11) is 0. The molecular formula is C30H37NO4. The maximum Gasteiger partial charge on any atom is 0.336 e. The van der Waals surface area contributed by atoms with Crippen LogP contribution >= 0.6 is 0 Å². The highest BCUT2D eigenvalue weighted by molar-refractivity contribution is 6.01. The summed E-state index contributed by atoms with van der Waals surface area (Å²) in [5, 5.41) is 2.97. The maximum atomic E-state index is 13.3. The maximum absolute atomic E-state index is 13.3. The van der Waals surface area contributed by atoms with Gasteiger partial charge in [-0.1, -0.05) is 33.8 Å². The molecule has 5 heteroatoms. The monoisotopic (exact) mass is 475 g/mol. The fourth-order valence-corrected chi connectivity index (χ4v) is 10.7. The molecule has 7 aliphatic rings. The molecule has 8 atom stereocenters. The van der Waals surface area contributed by atoms with E-state index in [1.165, 1.54) is 19.3 Å². The third-order valence-electron chi connectivity index (χ3n) is 12.7. The SMILES string of the molecule is CC1=C[C@]2(C=C([C@H]3CC[C@@]4(C)[C@@H]5CC[C@H]6C(C)(C)C(=O)C=C[C@]67C[C@]57CC[C@]34C)C(=O)N2)OC1=O. The first-order valence-electron chi connectivity index (χ1n) is 13.6. The average molecular weight is 476 g/mol. The molecular weight excluding hydrogens is 438 g/mol. The summed E-state index contributed by atoms with van der Waals surface area (Å²) >= 11 is 0. The predicted octanol–water partition coefficient (Wildman–Crippen LogP) is 5.03. The molecule has 1 amide bonds. The number of amides is 1. The fourth-order valence-electron chi connectivity index (χ4n) is 10.7. The first-order valence-corrected chi connectivity index (χ1v) is 13.6. The van der Waals surface area contributed by atoms with E-state index >= 15 is 0 Å². The van der Waals surface area contributed by atoms with Crippen molar-refractivity contribution in [1.29, 1.82) is 0 Å². The first kappa shape index (κ1) is 22.1. The normalized spacial score (nSPS) is 52.7. The van der Waals surface area contributed by atoms with Crippen molar-refractivity contribution in [3.05, 3.63) is 35.5 Å². The molecule has 5 nitrogen and oxygen atoms in total. The molecule has 0 aromatic carbocycles. The summed E-state index contributed by atoms with van der Waals surface area (Å²) in [5.74, 6) is 1.10. The Bertz CT molecular complexity index is 1210. The highest BCUT2D eigenvalue weighted by Crippen LogP contribution is 2.88. The quantitative estimate of drug-likeness (QED) is 0.540. The molecule has 0 bridgehead atoms. The van der Waals surface area contributed by atoms with Crippen LogP contribution in [-0.4, -0.2) is 23.4 Å². The van der Waals surface area contributed by atoms with E-state index in [1.54, 1.807) is 13.0 Å². The zero-order chi connectivity index (χ0) is 24.8. The Morgan fingerprint density at radius 1 is 0.914 bits per heavy atom. The van der Waals surface area contributed by atoms with E-state index in [0.29, 0.717) is 28.6 Å². The van der Waals surface area contributed by atoms with Gasteiger partial charge in [0, 0.05) is 16.6 Å². The van der Waals surface area contributed by atoms with Crippen molar-refractivity contribution >= 4 is 17.7 Å². The van der Waals surface area contributed by atoms with Gasteiger partial charge in [-0.2, -0.15) is 0 Å². The van der Waals surface area contributed by atoms with Crippen LogP contribution in [0.25, 0.3) is 0 Å². The summed E-state index contributed by atoms with van der Waals surface area (Å²) in [6.07, 6.45) is 15.8. The van der Waals surface area contributed by atoms with Crippen molar-refractivity contribution in [2.24, 2.45) is 44.8 Å². The largest absolute Gasteiger partial charge is 0.428 e. The van der Waals surface area contributed by atoms with E-state index in [0.717, 1.165) is 31.3 Å². The summed E-state index contributed by atoms with van der Waals surface area (Å²) in [5.41, 5.74) is 0.665.